The minimum Gasteiger partial charge on any atom is -0.386 e. The van der Waals surface area contributed by atoms with Crippen LogP contribution in [0.4, 0.5) is 0 Å². The highest BCUT2D eigenvalue weighted by molar-refractivity contribution is 7.91. The molecule has 0 saturated carbocycles. The molecule has 1 aromatic heterocycles. The summed E-state index contributed by atoms with van der Waals surface area (Å²) < 4.78 is 22.4. The second-order valence-electron chi connectivity index (χ2n) is 4.04. The summed E-state index contributed by atoms with van der Waals surface area (Å²) in [6.45, 7) is 0.417. The fraction of sp³-hybridized carbons (Fsp3) is 0.600. The predicted octanol–water partition coefficient (Wildman–Crippen LogP) is 0.558. The van der Waals surface area contributed by atoms with Crippen LogP contribution in [0.3, 0.4) is 0 Å². The lowest BCUT2D eigenvalue weighted by molar-refractivity contribution is 0.174. The van der Waals surface area contributed by atoms with Crippen molar-refractivity contribution in [2.75, 3.05) is 18.1 Å². The summed E-state index contributed by atoms with van der Waals surface area (Å²) >= 11 is 1.51. The summed E-state index contributed by atoms with van der Waals surface area (Å²) in [4.78, 5) is 0.911. The normalized spacial score (nSPS) is 25.7. The summed E-state index contributed by atoms with van der Waals surface area (Å²) in [5.41, 5.74) is 0. The zero-order valence-electron chi connectivity index (χ0n) is 8.80. The van der Waals surface area contributed by atoms with Gasteiger partial charge in [0.25, 0.3) is 0 Å². The zero-order chi connectivity index (χ0) is 11.6. The van der Waals surface area contributed by atoms with Gasteiger partial charge in [0.1, 0.15) is 6.10 Å². The number of rotatable bonds is 4. The number of hydrogen-bond donors (Lipinski definition) is 2. The molecule has 0 bridgehead atoms. The molecule has 0 spiro atoms. The van der Waals surface area contributed by atoms with Gasteiger partial charge in [-0.1, -0.05) is 6.07 Å². The van der Waals surface area contributed by atoms with E-state index in [0.717, 1.165) is 4.88 Å². The molecule has 2 heterocycles. The smallest absolute Gasteiger partial charge is 0.151 e. The van der Waals surface area contributed by atoms with Gasteiger partial charge in [-0.2, -0.15) is 0 Å². The van der Waals surface area contributed by atoms with Gasteiger partial charge in [0.05, 0.1) is 11.5 Å². The Morgan fingerprint density at radius 1 is 1.62 bits per heavy atom. The second kappa shape index (κ2) is 4.83. The largest absolute Gasteiger partial charge is 0.386 e. The lowest BCUT2D eigenvalue weighted by Gasteiger charge is -2.14. The fourth-order valence-corrected chi connectivity index (χ4v) is 4.24. The summed E-state index contributed by atoms with van der Waals surface area (Å²) in [6, 6.07) is 3.77. The highest BCUT2D eigenvalue weighted by Gasteiger charge is 2.27. The molecule has 4 nitrogen and oxygen atoms in total. The number of aliphatic hydroxyl groups excluding tert-OH is 1. The van der Waals surface area contributed by atoms with Gasteiger partial charge in [0.15, 0.2) is 9.84 Å². The third-order valence-electron chi connectivity index (χ3n) is 2.70. The molecule has 1 aliphatic heterocycles. The molecule has 1 aliphatic rings. The maximum absolute atomic E-state index is 11.2. The van der Waals surface area contributed by atoms with Crippen molar-refractivity contribution in [1.82, 2.24) is 5.32 Å². The van der Waals surface area contributed by atoms with Gasteiger partial charge >= 0.3 is 0 Å². The van der Waals surface area contributed by atoms with Crippen LogP contribution in [0.5, 0.6) is 0 Å². The van der Waals surface area contributed by atoms with Crippen molar-refractivity contribution in [1.29, 1.82) is 0 Å². The van der Waals surface area contributed by atoms with E-state index >= 15 is 0 Å². The van der Waals surface area contributed by atoms with Crippen molar-refractivity contribution in [3.05, 3.63) is 22.4 Å². The number of nitrogens with one attached hydrogen (secondary N) is 1. The van der Waals surface area contributed by atoms with E-state index in [2.05, 4.69) is 5.32 Å². The Balaban J connectivity index is 1.80. The minimum absolute atomic E-state index is 0.000359. The molecular weight excluding hydrogens is 246 g/mol. The Kier molecular flexibility index (Phi) is 3.63. The average molecular weight is 261 g/mol. The second-order valence-corrected chi connectivity index (χ2v) is 7.25. The minimum atomic E-state index is -2.84. The van der Waals surface area contributed by atoms with Gasteiger partial charge in [0.2, 0.25) is 0 Å². The Bertz CT molecular complexity index is 427. The zero-order valence-corrected chi connectivity index (χ0v) is 10.4. The van der Waals surface area contributed by atoms with E-state index in [1.807, 2.05) is 17.5 Å². The number of thiophene rings is 1. The molecule has 16 heavy (non-hydrogen) atoms. The average Bonchev–Trinajstić information content (AvgIpc) is 2.83. The Morgan fingerprint density at radius 2 is 2.44 bits per heavy atom. The molecule has 2 atom stereocenters. The Morgan fingerprint density at radius 3 is 3.00 bits per heavy atom. The first-order valence-corrected chi connectivity index (χ1v) is 7.92. The summed E-state index contributed by atoms with van der Waals surface area (Å²) in [7, 11) is -2.84. The van der Waals surface area contributed by atoms with Crippen LogP contribution in [0.25, 0.3) is 0 Å². The summed E-state index contributed by atoms with van der Waals surface area (Å²) in [5.74, 6) is 0.462. The van der Waals surface area contributed by atoms with Crippen LogP contribution in [0.1, 0.15) is 17.4 Å². The summed E-state index contributed by atoms with van der Waals surface area (Å²) in [5, 5.41) is 14.8. The van der Waals surface area contributed by atoms with E-state index in [0.29, 0.717) is 13.0 Å². The van der Waals surface area contributed by atoms with Gasteiger partial charge in [-0.3, -0.25) is 0 Å². The van der Waals surface area contributed by atoms with Crippen LogP contribution in [0.2, 0.25) is 0 Å². The standard InChI is InChI=1S/C10H15NO3S2/c12-9(10-2-1-4-15-10)6-11-8-3-5-16(13,14)7-8/h1-2,4,8-9,11-12H,3,5-7H2. The molecule has 1 fully saturated rings. The highest BCUT2D eigenvalue weighted by Crippen LogP contribution is 2.19. The predicted molar refractivity (Wildman–Crippen MR) is 64.3 cm³/mol. The van der Waals surface area contributed by atoms with Gasteiger partial charge in [0, 0.05) is 17.5 Å². The number of hydrogen-bond acceptors (Lipinski definition) is 5. The summed E-state index contributed by atoms with van der Waals surface area (Å²) in [6.07, 6.45) is 0.114. The topological polar surface area (TPSA) is 66.4 Å². The van der Waals surface area contributed by atoms with Crippen LogP contribution in [0, 0.1) is 0 Å². The SMILES string of the molecule is O=S1(=O)CCC(NCC(O)c2cccs2)C1. The van der Waals surface area contributed by atoms with Crippen LogP contribution in [-0.2, 0) is 9.84 Å². The molecule has 2 unspecified atom stereocenters. The van der Waals surface area contributed by atoms with Crippen LogP contribution in [-0.4, -0.2) is 37.6 Å². The maximum atomic E-state index is 11.2. The van der Waals surface area contributed by atoms with Gasteiger partial charge in [-0.15, -0.1) is 11.3 Å². The Hall–Kier alpha value is -0.430. The molecule has 0 aliphatic carbocycles. The molecule has 6 heteroatoms. The number of aliphatic hydroxyl groups is 1. The lowest BCUT2D eigenvalue weighted by Crippen LogP contribution is -2.33. The molecule has 90 valence electrons. The quantitative estimate of drug-likeness (QED) is 0.831. The van der Waals surface area contributed by atoms with Gasteiger partial charge in [-0.25, -0.2) is 8.42 Å². The van der Waals surface area contributed by atoms with E-state index in [4.69, 9.17) is 0 Å². The molecule has 2 N–H and O–H groups in total. The monoisotopic (exact) mass is 261 g/mol. The van der Waals surface area contributed by atoms with E-state index in [9.17, 15) is 13.5 Å². The van der Waals surface area contributed by atoms with Crippen molar-refractivity contribution < 1.29 is 13.5 Å². The molecule has 0 radical (unpaired) electrons. The van der Waals surface area contributed by atoms with Gasteiger partial charge < -0.3 is 10.4 Å². The molecule has 0 amide bonds. The first-order valence-electron chi connectivity index (χ1n) is 5.22. The maximum Gasteiger partial charge on any atom is 0.151 e. The van der Waals surface area contributed by atoms with Crippen molar-refractivity contribution in [2.24, 2.45) is 0 Å². The van der Waals surface area contributed by atoms with Crippen molar-refractivity contribution >= 4 is 21.2 Å². The van der Waals surface area contributed by atoms with E-state index in [1.165, 1.54) is 11.3 Å². The highest BCUT2D eigenvalue weighted by atomic mass is 32.2. The van der Waals surface area contributed by atoms with Crippen molar-refractivity contribution in [2.45, 2.75) is 18.6 Å². The van der Waals surface area contributed by atoms with Gasteiger partial charge in [-0.05, 0) is 17.9 Å². The van der Waals surface area contributed by atoms with Crippen molar-refractivity contribution in [3.8, 4) is 0 Å². The molecular formula is C10H15NO3S2. The van der Waals surface area contributed by atoms with E-state index in [-0.39, 0.29) is 17.5 Å². The first-order chi connectivity index (χ1) is 7.57. The van der Waals surface area contributed by atoms with Crippen molar-refractivity contribution in [3.63, 3.8) is 0 Å². The van der Waals surface area contributed by atoms with E-state index in [1.54, 1.807) is 0 Å². The number of sulfone groups is 1. The van der Waals surface area contributed by atoms with Crippen LogP contribution < -0.4 is 5.32 Å². The third kappa shape index (κ3) is 3.04. The first kappa shape index (κ1) is 12.0. The molecule has 1 aromatic rings. The Labute approximate surface area is 99.2 Å². The molecule has 1 saturated heterocycles. The fourth-order valence-electron chi connectivity index (χ4n) is 1.82. The lowest BCUT2D eigenvalue weighted by atomic mass is 10.2. The van der Waals surface area contributed by atoms with E-state index < -0.39 is 15.9 Å². The van der Waals surface area contributed by atoms with Crippen LogP contribution >= 0.6 is 11.3 Å². The third-order valence-corrected chi connectivity index (χ3v) is 5.45. The molecule has 0 aromatic carbocycles. The molecule has 2 rings (SSSR count). The van der Waals surface area contributed by atoms with Crippen LogP contribution in [0.15, 0.2) is 17.5 Å².